The number of rotatable bonds is 3. The predicted molar refractivity (Wildman–Crippen MR) is 82.2 cm³/mol. The molecule has 3 rings (SSSR count). The molecule has 0 aliphatic heterocycles. The van der Waals surface area contributed by atoms with Crippen LogP contribution < -0.4 is 10.5 Å². The van der Waals surface area contributed by atoms with Gasteiger partial charge in [0.1, 0.15) is 5.75 Å². The Labute approximate surface area is 120 Å². The number of aryl methyl sites for hydroxylation is 1. The summed E-state index contributed by atoms with van der Waals surface area (Å²) in [6.07, 6.45) is 3.12. The predicted octanol–water partition coefficient (Wildman–Crippen LogP) is 3.30. The Kier molecular flexibility index (Phi) is 3.75. The lowest BCUT2D eigenvalue weighted by molar-refractivity contribution is 0.411. The van der Waals surface area contributed by atoms with Crippen LogP contribution in [0, 0.1) is 0 Å². The van der Waals surface area contributed by atoms with Gasteiger partial charge < -0.3 is 10.5 Å². The highest BCUT2D eigenvalue weighted by Crippen LogP contribution is 2.35. The number of hydrogen-bond acceptors (Lipinski definition) is 2. The number of fused-ring (bicyclic) bond motifs is 1. The van der Waals surface area contributed by atoms with Gasteiger partial charge in [0, 0.05) is 12.0 Å². The first-order valence-electron chi connectivity index (χ1n) is 7.24. The number of benzene rings is 2. The summed E-state index contributed by atoms with van der Waals surface area (Å²) in [5.41, 5.74) is 10.5. The molecule has 2 atom stereocenters. The third kappa shape index (κ3) is 2.56. The summed E-state index contributed by atoms with van der Waals surface area (Å²) in [5.74, 6) is 1.35. The largest absolute Gasteiger partial charge is 0.497 e. The molecule has 0 radical (unpaired) electrons. The molecule has 2 nitrogen and oxygen atoms in total. The fourth-order valence-electron chi connectivity index (χ4n) is 3.17. The standard InChI is InChI=1S/C18H21NO/c1-20-15-8-9-16-14(12-15)7-10-18(19)17(16)11-13-5-3-2-4-6-13/h2-6,8-9,12,17-18H,7,10-11,19H2,1H3/t17?,18-/m0/s1. The second kappa shape index (κ2) is 5.68. The smallest absolute Gasteiger partial charge is 0.119 e. The van der Waals surface area contributed by atoms with E-state index in [0.717, 1.165) is 25.0 Å². The molecule has 0 fully saturated rings. The summed E-state index contributed by atoms with van der Waals surface area (Å²) in [5, 5.41) is 0. The Morgan fingerprint density at radius 1 is 1.15 bits per heavy atom. The molecule has 0 spiro atoms. The van der Waals surface area contributed by atoms with Crippen LogP contribution in [0.25, 0.3) is 0 Å². The molecule has 2 N–H and O–H groups in total. The van der Waals surface area contributed by atoms with Crippen molar-refractivity contribution in [2.24, 2.45) is 5.73 Å². The third-order valence-corrected chi connectivity index (χ3v) is 4.31. The van der Waals surface area contributed by atoms with Crippen LogP contribution >= 0.6 is 0 Å². The monoisotopic (exact) mass is 267 g/mol. The van der Waals surface area contributed by atoms with E-state index in [-0.39, 0.29) is 6.04 Å². The summed E-state index contributed by atoms with van der Waals surface area (Å²) >= 11 is 0. The summed E-state index contributed by atoms with van der Waals surface area (Å²) < 4.78 is 5.33. The van der Waals surface area contributed by atoms with Crippen molar-refractivity contribution in [1.82, 2.24) is 0 Å². The van der Waals surface area contributed by atoms with Crippen LogP contribution in [-0.4, -0.2) is 13.2 Å². The molecule has 20 heavy (non-hydrogen) atoms. The molecule has 0 heterocycles. The zero-order valence-electron chi connectivity index (χ0n) is 11.9. The second-order valence-electron chi connectivity index (χ2n) is 5.56. The Hall–Kier alpha value is -1.80. The first-order chi connectivity index (χ1) is 9.78. The van der Waals surface area contributed by atoms with Gasteiger partial charge in [-0.2, -0.15) is 0 Å². The molecule has 1 unspecified atom stereocenters. The molecular formula is C18H21NO. The van der Waals surface area contributed by atoms with Crippen molar-refractivity contribution >= 4 is 0 Å². The fraction of sp³-hybridized carbons (Fsp3) is 0.333. The highest BCUT2D eigenvalue weighted by molar-refractivity contribution is 5.41. The lowest BCUT2D eigenvalue weighted by atomic mass is 9.76. The average molecular weight is 267 g/mol. The van der Waals surface area contributed by atoms with Gasteiger partial charge in [0.15, 0.2) is 0 Å². The van der Waals surface area contributed by atoms with Crippen molar-refractivity contribution in [2.45, 2.75) is 31.2 Å². The van der Waals surface area contributed by atoms with E-state index in [2.05, 4.69) is 48.5 Å². The van der Waals surface area contributed by atoms with Crippen LogP contribution in [0.5, 0.6) is 5.75 Å². The molecule has 0 aromatic heterocycles. The summed E-state index contributed by atoms with van der Waals surface area (Å²) in [7, 11) is 1.72. The zero-order valence-corrected chi connectivity index (χ0v) is 11.9. The topological polar surface area (TPSA) is 35.2 Å². The Morgan fingerprint density at radius 2 is 1.95 bits per heavy atom. The van der Waals surface area contributed by atoms with Crippen molar-refractivity contribution in [3.63, 3.8) is 0 Å². The summed E-state index contributed by atoms with van der Waals surface area (Å²) in [4.78, 5) is 0. The van der Waals surface area contributed by atoms with E-state index in [1.54, 1.807) is 7.11 Å². The van der Waals surface area contributed by atoms with Gasteiger partial charge >= 0.3 is 0 Å². The van der Waals surface area contributed by atoms with Crippen LogP contribution in [-0.2, 0) is 12.8 Å². The lowest BCUT2D eigenvalue weighted by Gasteiger charge is -2.31. The van der Waals surface area contributed by atoms with Crippen LogP contribution in [0.3, 0.4) is 0 Å². The number of hydrogen-bond donors (Lipinski definition) is 1. The molecule has 1 aliphatic carbocycles. The van der Waals surface area contributed by atoms with E-state index in [1.807, 2.05) is 0 Å². The van der Waals surface area contributed by atoms with Gasteiger partial charge in [0.25, 0.3) is 0 Å². The maximum absolute atomic E-state index is 6.38. The van der Waals surface area contributed by atoms with E-state index in [9.17, 15) is 0 Å². The van der Waals surface area contributed by atoms with Crippen LogP contribution in [0.4, 0.5) is 0 Å². The van der Waals surface area contributed by atoms with Gasteiger partial charge in [0.05, 0.1) is 7.11 Å². The van der Waals surface area contributed by atoms with Crippen molar-refractivity contribution < 1.29 is 4.74 Å². The van der Waals surface area contributed by atoms with Gasteiger partial charge in [-0.25, -0.2) is 0 Å². The Bertz CT molecular complexity index is 579. The summed E-state index contributed by atoms with van der Waals surface area (Å²) in [6, 6.07) is 17.3. The number of ether oxygens (including phenoxy) is 1. The summed E-state index contributed by atoms with van der Waals surface area (Å²) in [6.45, 7) is 0. The molecule has 2 aromatic carbocycles. The minimum Gasteiger partial charge on any atom is -0.497 e. The first-order valence-corrected chi connectivity index (χ1v) is 7.24. The van der Waals surface area contributed by atoms with Crippen molar-refractivity contribution in [3.8, 4) is 5.75 Å². The van der Waals surface area contributed by atoms with Crippen molar-refractivity contribution in [1.29, 1.82) is 0 Å². The molecule has 0 bridgehead atoms. The number of nitrogens with two attached hydrogens (primary N) is 1. The quantitative estimate of drug-likeness (QED) is 0.926. The molecule has 0 amide bonds. The third-order valence-electron chi connectivity index (χ3n) is 4.31. The first kappa shape index (κ1) is 13.2. The molecular weight excluding hydrogens is 246 g/mol. The molecule has 104 valence electrons. The SMILES string of the molecule is COc1ccc2c(c1)CC[C@H](N)C2Cc1ccccc1. The van der Waals surface area contributed by atoms with E-state index < -0.39 is 0 Å². The highest BCUT2D eigenvalue weighted by atomic mass is 16.5. The van der Waals surface area contributed by atoms with Gasteiger partial charge in [-0.05, 0) is 48.1 Å². The van der Waals surface area contributed by atoms with Crippen molar-refractivity contribution in [2.75, 3.05) is 7.11 Å². The van der Waals surface area contributed by atoms with Gasteiger partial charge in [0.2, 0.25) is 0 Å². The van der Waals surface area contributed by atoms with E-state index in [4.69, 9.17) is 10.5 Å². The minimum atomic E-state index is 0.246. The Morgan fingerprint density at radius 3 is 2.70 bits per heavy atom. The second-order valence-corrected chi connectivity index (χ2v) is 5.56. The van der Waals surface area contributed by atoms with Crippen LogP contribution in [0.1, 0.15) is 29.0 Å². The van der Waals surface area contributed by atoms with E-state index in [1.165, 1.54) is 16.7 Å². The zero-order chi connectivity index (χ0) is 13.9. The number of methoxy groups -OCH3 is 1. The molecule has 2 aromatic rings. The highest BCUT2D eigenvalue weighted by Gasteiger charge is 2.27. The van der Waals surface area contributed by atoms with Crippen molar-refractivity contribution in [3.05, 3.63) is 65.2 Å². The Balaban J connectivity index is 1.91. The molecule has 2 heteroatoms. The van der Waals surface area contributed by atoms with E-state index in [0.29, 0.717) is 5.92 Å². The van der Waals surface area contributed by atoms with Gasteiger partial charge in [-0.1, -0.05) is 36.4 Å². The van der Waals surface area contributed by atoms with Gasteiger partial charge in [-0.3, -0.25) is 0 Å². The van der Waals surface area contributed by atoms with Crippen LogP contribution in [0.15, 0.2) is 48.5 Å². The fourth-order valence-corrected chi connectivity index (χ4v) is 3.17. The maximum Gasteiger partial charge on any atom is 0.119 e. The van der Waals surface area contributed by atoms with Gasteiger partial charge in [-0.15, -0.1) is 0 Å². The lowest BCUT2D eigenvalue weighted by Crippen LogP contribution is -2.34. The maximum atomic E-state index is 6.38. The molecule has 0 saturated heterocycles. The molecule has 1 aliphatic rings. The normalized spacial score (nSPS) is 21.3. The minimum absolute atomic E-state index is 0.246. The van der Waals surface area contributed by atoms with Crippen LogP contribution in [0.2, 0.25) is 0 Å². The molecule has 0 saturated carbocycles. The van der Waals surface area contributed by atoms with E-state index >= 15 is 0 Å². The average Bonchev–Trinajstić information content (AvgIpc) is 2.50.